The van der Waals surface area contributed by atoms with Gasteiger partial charge in [0.2, 0.25) is 0 Å². The Morgan fingerprint density at radius 2 is 1.54 bits per heavy atom. The first-order valence-corrected chi connectivity index (χ1v) is 18.1. The molecule has 0 aliphatic heterocycles. The minimum Gasteiger partial charge on any atom is -0.333 e. The molecule has 5 aromatic carbocycles. The minimum atomic E-state index is -2.26. The molecule has 0 saturated heterocycles. The van der Waals surface area contributed by atoms with E-state index in [0.29, 0.717) is 23.1 Å². The predicted molar refractivity (Wildman–Crippen MR) is 214 cm³/mol. The summed E-state index contributed by atoms with van der Waals surface area (Å²) >= 11 is 1.61. The van der Waals surface area contributed by atoms with Crippen LogP contribution in [0.25, 0.3) is 59.5 Å². The van der Waals surface area contributed by atoms with Gasteiger partial charge in [-0.1, -0.05) is 95.0 Å². The van der Waals surface area contributed by atoms with Crippen LogP contribution in [0.4, 0.5) is 4.39 Å². The molecule has 3 heterocycles. The Hall–Kier alpha value is -4.48. The Morgan fingerprint density at radius 3 is 2.23 bits per heavy atom. The number of halogens is 1. The Morgan fingerprint density at radius 1 is 0.788 bits per heavy atom. The number of fused-ring (bicyclic) bond motifs is 4. The second-order valence-electron chi connectivity index (χ2n) is 13.6. The van der Waals surface area contributed by atoms with Gasteiger partial charge in [0.25, 0.3) is 0 Å². The van der Waals surface area contributed by atoms with E-state index in [-0.39, 0.29) is 31.5 Å². The van der Waals surface area contributed by atoms with Gasteiger partial charge >= 0.3 is 0 Å². The van der Waals surface area contributed by atoms with Crippen molar-refractivity contribution in [3.05, 3.63) is 150 Å². The molecule has 8 rings (SSSR count). The van der Waals surface area contributed by atoms with E-state index in [4.69, 9.17) is 10.5 Å². The molecule has 0 unspecified atom stereocenters. The van der Waals surface area contributed by atoms with Gasteiger partial charge < -0.3 is 9.55 Å². The van der Waals surface area contributed by atoms with Crippen molar-refractivity contribution in [1.82, 2.24) is 14.5 Å². The molecule has 0 aliphatic carbocycles. The van der Waals surface area contributed by atoms with Crippen LogP contribution in [0.5, 0.6) is 0 Å². The van der Waals surface area contributed by atoms with E-state index in [9.17, 15) is 4.39 Å². The maximum atomic E-state index is 14.0. The summed E-state index contributed by atoms with van der Waals surface area (Å²) < 4.78 is 49.3. The van der Waals surface area contributed by atoms with Crippen molar-refractivity contribution in [2.24, 2.45) is 0 Å². The molecule has 3 aromatic heterocycles. The average Bonchev–Trinajstić information content (AvgIpc) is 3.72. The quantitative estimate of drug-likeness (QED) is 0.156. The number of pyridine rings is 1. The van der Waals surface area contributed by atoms with Crippen molar-refractivity contribution in [1.29, 1.82) is 0 Å². The van der Waals surface area contributed by atoms with E-state index >= 15 is 0 Å². The van der Waals surface area contributed by atoms with E-state index in [1.54, 1.807) is 43.4 Å². The maximum absolute atomic E-state index is 14.0. The summed E-state index contributed by atoms with van der Waals surface area (Å²) in [6, 6.07) is 39.6. The molecule has 3 nitrogen and oxygen atoms in total. The van der Waals surface area contributed by atoms with Crippen LogP contribution in [0.3, 0.4) is 0 Å². The number of aryl methyl sites for hydroxylation is 1. The zero-order chi connectivity index (χ0) is 39.2. The van der Waals surface area contributed by atoms with E-state index in [2.05, 4.69) is 91.8 Å². The van der Waals surface area contributed by atoms with Gasteiger partial charge in [-0.3, -0.25) is 4.98 Å². The van der Waals surface area contributed by atoms with Crippen molar-refractivity contribution in [3.8, 4) is 28.3 Å². The normalized spacial score (nSPS) is 13.0. The molecule has 0 aliphatic rings. The standard InChI is InChI=1S/C31H26FN2S.C15H16N.Ir/c1-18(2)21-9-7-10-22(19(3)4)29(21)34-27-14-6-5-13-26(27)33-31(34)25-12-8-11-24-23-16-15-20(32)17-28(23)35-30(24)25;1-11(2)14-9-15(16-10-12(14)3)13-7-5-4-6-8-13;/h5-11,13-19H,1-4H3;4-7,9-11H,1-3H3;/q2*-1;/i;3D3,11D;. The van der Waals surface area contributed by atoms with Crippen LogP contribution in [0, 0.1) is 24.8 Å². The molecule has 0 atom stereocenters. The number of para-hydroxylation sites is 3. The Kier molecular flexibility index (Phi) is 9.68. The third-order valence-corrected chi connectivity index (χ3v) is 10.4. The molecule has 6 heteroatoms. The van der Waals surface area contributed by atoms with Gasteiger partial charge in [-0.05, 0) is 86.9 Å². The SMILES string of the molecule is CC(C)c1cccc(C(C)C)c1-n1c(-c2[c-]ccc3c2sc2cc(F)ccc23)nc2ccccc21.[2H]C([2H])([2H])c1cnc(-c2[c-]cccc2)cc1C([2H])(C)C.[Ir]. The third kappa shape index (κ3) is 7.13. The fourth-order valence-electron chi connectivity index (χ4n) is 6.64. The molecule has 265 valence electrons. The second-order valence-corrected chi connectivity index (χ2v) is 14.6. The topological polar surface area (TPSA) is 30.7 Å². The van der Waals surface area contributed by atoms with Gasteiger partial charge in [0, 0.05) is 42.2 Å². The van der Waals surface area contributed by atoms with E-state index < -0.39 is 12.7 Å². The summed E-state index contributed by atoms with van der Waals surface area (Å²) in [4.78, 5) is 9.38. The molecular weight excluding hydrogens is 838 g/mol. The van der Waals surface area contributed by atoms with Gasteiger partial charge in [0.15, 0.2) is 0 Å². The monoisotopic (exact) mass is 884 g/mol. The van der Waals surface area contributed by atoms with Gasteiger partial charge in [-0.2, -0.15) is 11.3 Å². The van der Waals surface area contributed by atoms with Gasteiger partial charge in [-0.25, -0.2) is 4.39 Å². The molecule has 52 heavy (non-hydrogen) atoms. The van der Waals surface area contributed by atoms with Crippen LogP contribution in [0.2, 0.25) is 0 Å². The summed E-state index contributed by atoms with van der Waals surface area (Å²) in [6.45, 7) is 10.1. The Labute approximate surface area is 329 Å². The summed E-state index contributed by atoms with van der Waals surface area (Å²) in [6.07, 6.45) is 1.36. The first-order chi connectivity index (χ1) is 26.1. The second kappa shape index (κ2) is 15.6. The van der Waals surface area contributed by atoms with E-state index in [0.717, 1.165) is 48.2 Å². The zero-order valence-corrected chi connectivity index (χ0v) is 33.2. The summed E-state index contributed by atoms with van der Waals surface area (Å²) in [7, 11) is 0. The number of hydrogen-bond acceptors (Lipinski definition) is 3. The average molecular weight is 884 g/mol. The van der Waals surface area contributed by atoms with Crippen molar-refractivity contribution in [2.75, 3.05) is 0 Å². The van der Waals surface area contributed by atoms with E-state index in [1.165, 1.54) is 29.1 Å². The summed E-state index contributed by atoms with van der Waals surface area (Å²) in [5.41, 5.74) is 8.81. The van der Waals surface area contributed by atoms with Crippen molar-refractivity contribution >= 4 is 42.5 Å². The van der Waals surface area contributed by atoms with Gasteiger partial charge in [0.05, 0.1) is 16.9 Å². The molecule has 0 fully saturated rings. The first kappa shape index (κ1) is 32.2. The molecule has 1 radical (unpaired) electrons. The van der Waals surface area contributed by atoms with E-state index in [1.807, 2.05) is 36.4 Å². The number of imidazole rings is 1. The van der Waals surface area contributed by atoms with Crippen LogP contribution in [0.1, 0.15) is 87.0 Å². The fourth-order valence-corrected chi connectivity index (χ4v) is 7.86. The molecule has 0 spiro atoms. The van der Waals surface area contributed by atoms with Crippen LogP contribution in [-0.2, 0) is 20.1 Å². The molecule has 0 saturated carbocycles. The summed E-state index contributed by atoms with van der Waals surface area (Å²) in [5.74, 6) is 0.360. The van der Waals surface area contributed by atoms with Crippen LogP contribution in [-0.4, -0.2) is 14.5 Å². The van der Waals surface area contributed by atoms with Crippen molar-refractivity contribution in [2.45, 2.75) is 66.1 Å². The third-order valence-electron chi connectivity index (χ3n) is 9.17. The predicted octanol–water partition coefficient (Wildman–Crippen LogP) is 13.2. The van der Waals surface area contributed by atoms with Crippen molar-refractivity contribution in [3.63, 3.8) is 0 Å². The largest absolute Gasteiger partial charge is 0.333 e. The Balaban J connectivity index is 0.000000217. The number of hydrogen-bond donors (Lipinski definition) is 0. The smallest absolute Gasteiger partial charge is 0.124 e. The molecule has 0 amide bonds. The van der Waals surface area contributed by atoms with Crippen LogP contribution < -0.4 is 0 Å². The maximum Gasteiger partial charge on any atom is 0.124 e. The van der Waals surface area contributed by atoms with Crippen LogP contribution in [0.15, 0.2) is 109 Å². The zero-order valence-electron chi connectivity index (χ0n) is 34.0. The number of nitrogens with zero attached hydrogens (tertiary/aromatic N) is 3. The molecule has 8 aromatic rings. The van der Waals surface area contributed by atoms with Gasteiger partial charge in [0.1, 0.15) is 5.82 Å². The number of thiophene rings is 1. The number of aromatic nitrogens is 3. The van der Waals surface area contributed by atoms with Crippen LogP contribution >= 0.6 is 11.3 Å². The molecule has 0 N–H and O–H groups in total. The molecular formula is C46H42FIrN3S-2. The van der Waals surface area contributed by atoms with Crippen molar-refractivity contribution < 1.29 is 30.0 Å². The summed E-state index contributed by atoms with van der Waals surface area (Å²) in [5, 5.41) is 2.17. The number of rotatable bonds is 6. The molecule has 0 bridgehead atoms. The minimum absolute atomic E-state index is 0. The first-order valence-electron chi connectivity index (χ1n) is 19.2. The van der Waals surface area contributed by atoms with Gasteiger partial charge in [-0.15, -0.1) is 54.1 Å². The Bertz CT molecular complexity index is 2630. The fraction of sp³-hybridized carbons (Fsp3) is 0.217. The number of benzene rings is 5.